The fraction of sp³-hybridized carbons (Fsp3) is 0.635. The molecule has 0 saturated heterocycles. The van der Waals surface area contributed by atoms with E-state index in [-0.39, 0.29) is 59.2 Å². The first-order chi connectivity index (χ1) is 32.0. The van der Waals surface area contributed by atoms with Crippen molar-refractivity contribution >= 4 is 47.6 Å². The number of carbonyl (C=O) groups excluding carboxylic acids is 8. The number of amides is 6. The summed E-state index contributed by atoms with van der Waals surface area (Å²) < 4.78 is 17.4. The van der Waals surface area contributed by atoms with Gasteiger partial charge in [-0.1, -0.05) is 118 Å². The first kappa shape index (κ1) is 69.2. The Balaban J connectivity index is -0.00000616. The van der Waals surface area contributed by atoms with Gasteiger partial charge in [0.1, 0.15) is 36.4 Å². The van der Waals surface area contributed by atoms with Crippen molar-refractivity contribution in [3.8, 4) is 0 Å². The van der Waals surface area contributed by atoms with E-state index in [0.29, 0.717) is 12.0 Å². The van der Waals surface area contributed by atoms with Crippen molar-refractivity contribution in [1.82, 2.24) is 25.8 Å². The molecule has 2 rings (SSSR count). The molecule has 0 aliphatic carbocycles. The van der Waals surface area contributed by atoms with Crippen LogP contribution in [0.1, 0.15) is 128 Å². The predicted octanol–water partition coefficient (Wildman–Crippen LogP) is 7.28. The minimum absolute atomic E-state index is 0. The van der Waals surface area contributed by atoms with Crippen molar-refractivity contribution < 1.29 is 73.6 Å². The van der Waals surface area contributed by atoms with E-state index in [1.54, 1.807) is 58.0 Å². The van der Waals surface area contributed by atoms with Gasteiger partial charge in [0.15, 0.2) is 6.10 Å². The summed E-state index contributed by atoms with van der Waals surface area (Å²) in [7, 11) is 4.09. The molecule has 1 heterocycles. The molecule has 1 aromatic carbocycles. The third kappa shape index (κ3) is 23.2. The maximum absolute atomic E-state index is 14.2. The van der Waals surface area contributed by atoms with Crippen LogP contribution in [0.3, 0.4) is 0 Å². The molecule has 18 heteroatoms. The van der Waals surface area contributed by atoms with Crippen molar-refractivity contribution in [2.75, 3.05) is 27.7 Å². The molecule has 0 saturated carbocycles. The average Bonchev–Trinajstić information content (AvgIpc) is 3.31. The third-order valence-corrected chi connectivity index (χ3v) is 11.2. The summed E-state index contributed by atoms with van der Waals surface area (Å²) in [6.45, 7) is 24.6. The maximum Gasteiger partial charge on any atom is 2.00 e. The van der Waals surface area contributed by atoms with Crippen molar-refractivity contribution in [2.24, 2.45) is 17.8 Å². The zero-order chi connectivity index (χ0) is 52.4. The van der Waals surface area contributed by atoms with Crippen molar-refractivity contribution in [1.29, 1.82) is 0 Å². The predicted molar refractivity (Wildman–Crippen MR) is 270 cm³/mol. The number of allylic oxidation sites excluding steroid dienone is 1. The van der Waals surface area contributed by atoms with E-state index in [9.17, 15) is 38.4 Å². The number of rotatable bonds is 8. The van der Waals surface area contributed by atoms with E-state index in [2.05, 4.69) is 35.1 Å². The molecule has 6 amide bonds. The number of likely N-dealkylation sites (N-methyl/N-ethyl adjacent to an activating group) is 2. The summed E-state index contributed by atoms with van der Waals surface area (Å²) in [4.78, 5) is 111. The molecule has 17 nitrogen and oxygen atoms in total. The van der Waals surface area contributed by atoms with Crippen LogP contribution in [-0.4, -0.2) is 128 Å². The van der Waals surface area contributed by atoms with Crippen LogP contribution >= 0.6 is 0 Å². The van der Waals surface area contributed by atoms with Gasteiger partial charge in [-0.2, -0.15) is 0 Å². The van der Waals surface area contributed by atoms with E-state index in [1.807, 2.05) is 40.7 Å². The number of carbonyl (C=O) groups is 8. The van der Waals surface area contributed by atoms with Crippen molar-refractivity contribution in [3.05, 3.63) is 71.9 Å². The Morgan fingerprint density at radius 2 is 1.44 bits per heavy atom. The summed E-state index contributed by atoms with van der Waals surface area (Å²) >= 11 is 0. The molecule has 0 spiro atoms. The second kappa shape index (κ2) is 36.0. The fourth-order valence-corrected chi connectivity index (χ4v) is 6.87. The van der Waals surface area contributed by atoms with Gasteiger partial charge in [0, 0.05) is 38.4 Å². The van der Waals surface area contributed by atoms with Gasteiger partial charge in [0.2, 0.25) is 29.7 Å². The number of nitrogens with zero attached hydrogens (tertiary/aromatic N) is 3. The number of esters is 2. The summed E-state index contributed by atoms with van der Waals surface area (Å²) in [5.74, 6) is -6.13. The molecular formula is C52H86N6O11W. The Hall–Kier alpha value is -5.05. The Bertz CT molecular complexity index is 1860. The van der Waals surface area contributed by atoms with E-state index in [0.717, 1.165) is 10.5 Å². The normalized spacial score (nSPS) is 25.1. The fourth-order valence-electron chi connectivity index (χ4n) is 6.87. The van der Waals surface area contributed by atoms with Crippen LogP contribution < -0.4 is 16.0 Å². The molecule has 0 radical (unpaired) electrons. The number of nitrogens with one attached hydrogen (secondary N) is 3. The minimum atomic E-state index is -1.30. The van der Waals surface area contributed by atoms with Gasteiger partial charge in [-0.25, -0.2) is 9.59 Å². The number of ether oxygens (including phenoxy) is 3. The molecule has 396 valence electrons. The van der Waals surface area contributed by atoms with Crippen LogP contribution in [0.4, 0.5) is 4.79 Å². The summed E-state index contributed by atoms with van der Waals surface area (Å²) in [5.41, 5.74) is 1.42. The molecule has 70 heavy (non-hydrogen) atoms. The number of cyclic esters (lactones) is 2. The molecule has 1 aromatic rings. The van der Waals surface area contributed by atoms with Crippen molar-refractivity contribution in [2.45, 2.75) is 172 Å². The zero-order valence-electron chi connectivity index (χ0n) is 45.3. The average molecular weight is 1160 g/mol. The first-order valence-electron chi connectivity index (χ1n) is 23.9. The standard InChI is InChI=1S/C46H70N6O11.C3H8.C2H6.CH3.W/c1-14-27(5)38-41(55)49-32(10)45(59)63-39(28(6)15-2)30(8)35(62-46(60)47-11)22-21-29(7)44(58)61-36(23-26(3)4)40(54)48-31(9)42(56)52(13)34(24-33-19-17-16-18-20-33)43(57)51(12)25-37(53)50-38;1-3-2;1-2;;/h15-21,26-27,30-32,34-36,38-39H,14,22-25H2,1-13H3,(H4,47,48,49,50,53,54,55,60);3H2,1-2H3;1-2H3;1H3;/q;;;-1;+2/p-1/b28-15+,29-21+;;;;. The van der Waals surface area contributed by atoms with Gasteiger partial charge in [-0.05, 0) is 64.0 Å². The van der Waals surface area contributed by atoms with E-state index < -0.39 is 108 Å². The van der Waals surface area contributed by atoms with Gasteiger partial charge in [-0.15, -0.1) is 7.05 Å². The first-order valence-corrected chi connectivity index (χ1v) is 23.9. The van der Waals surface area contributed by atoms with Crippen LogP contribution in [0.2, 0.25) is 0 Å². The van der Waals surface area contributed by atoms with E-state index >= 15 is 0 Å². The molecule has 0 bridgehead atoms. The molecule has 0 fully saturated rings. The second-order valence-corrected chi connectivity index (χ2v) is 17.5. The topological polar surface area (TPSA) is 221 Å². The van der Waals surface area contributed by atoms with E-state index in [4.69, 9.17) is 14.2 Å². The number of hydrogen-bond donors (Lipinski definition) is 3. The largest absolute Gasteiger partial charge is 2.00 e. The van der Waals surface area contributed by atoms with Gasteiger partial charge in [-0.3, -0.25) is 28.8 Å². The third-order valence-electron chi connectivity index (χ3n) is 11.2. The summed E-state index contributed by atoms with van der Waals surface area (Å²) in [6, 6.07) is 4.37. The van der Waals surface area contributed by atoms with Gasteiger partial charge < -0.3 is 52.7 Å². The molecule has 9 atom stereocenters. The Morgan fingerprint density at radius 3 is 1.96 bits per heavy atom. The zero-order valence-corrected chi connectivity index (χ0v) is 48.2. The van der Waals surface area contributed by atoms with Crippen LogP contribution in [-0.2, 0) is 75.3 Å². The maximum atomic E-state index is 14.2. The quantitative estimate of drug-likeness (QED) is 0.102. The second-order valence-electron chi connectivity index (χ2n) is 17.5. The summed E-state index contributed by atoms with van der Waals surface area (Å²) in [6.07, 6.45) is 0.915. The molecule has 0 aromatic heterocycles. The smallest absolute Gasteiger partial charge is 0.620 e. The van der Waals surface area contributed by atoms with Gasteiger partial charge in [0.05, 0.1) is 6.54 Å². The van der Waals surface area contributed by atoms with Crippen LogP contribution in [0.25, 0.3) is 5.32 Å². The van der Waals surface area contributed by atoms with Gasteiger partial charge in [0.25, 0.3) is 5.91 Å². The molecule has 1 aliphatic rings. The molecule has 3 N–H and O–H groups in total. The Morgan fingerprint density at radius 1 is 0.886 bits per heavy atom. The summed E-state index contributed by atoms with van der Waals surface area (Å²) in [5, 5.41) is 11.6. The van der Waals surface area contributed by atoms with Crippen LogP contribution in [0, 0.1) is 25.2 Å². The van der Waals surface area contributed by atoms with Gasteiger partial charge >= 0.3 is 33.0 Å². The van der Waals surface area contributed by atoms with E-state index in [1.165, 1.54) is 59.3 Å². The molecule has 9 unspecified atom stereocenters. The van der Waals surface area contributed by atoms with Crippen molar-refractivity contribution in [3.63, 3.8) is 0 Å². The Labute approximate surface area is 434 Å². The SMILES string of the molecule is C/C=C(\C)C1OC(=O)C(C)NC(=O)C(C(C)CC)NC(=O)CN(C)C(=O)C(Cc2ccccc2)N(C)C(=O)C(C)NC(=O)C(CC(C)C)OC(=O)/C(C)=C/CC(OC(=O)[N-]C)C1C.CC.CCC.[CH3-].[W+2]. The monoisotopic (exact) mass is 1150 g/mol. The van der Waals surface area contributed by atoms with Crippen LogP contribution in [0.15, 0.2) is 53.6 Å². The number of hydrogen-bond acceptors (Lipinski definition) is 11. The molecule has 1 aliphatic heterocycles. The number of benzene rings is 1. The Kier molecular flexibility index (Phi) is 35.6. The molecular weight excluding hydrogens is 1070 g/mol. The van der Waals surface area contributed by atoms with Crippen LogP contribution in [0.5, 0.6) is 0 Å². The minimum Gasteiger partial charge on any atom is -0.620 e.